The van der Waals surface area contributed by atoms with E-state index in [4.69, 9.17) is 5.26 Å². The van der Waals surface area contributed by atoms with Crippen LogP contribution in [-0.2, 0) is 14.6 Å². The number of rotatable bonds is 3. The van der Waals surface area contributed by atoms with E-state index in [2.05, 4.69) is 9.33 Å². The Bertz CT molecular complexity index is 268. The maximum Gasteiger partial charge on any atom is 0.363 e. The normalized spacial score (nSPS) is 22.8. The monoisotopic (exact) mass is 178 g/mol. The van der Waals surface area contributed by atoms with Crippen molar-refractivity contribution in [1.82, 2.24) is 4.72 Å². The summed E-state index contributed by atoms with van der Waals surface area (Å²) in [6.07, 6.45) is 4.29. The van der Waals surface area contributed by atoms with E-state index in [9.17, 15) is 8.42 Å². The second-order valence-electron chi connectivity index (χ2n) is 1.81. The number of aliphatic imine (C=N–C) groups is 1. The third-order valence-electron chi connectivity index (χ3n) is 1.00. The lowest BCUT2D eigenvalue weighted by Crippen LogP contribution is -2.34. The van der Waals surface area contributed by atoms with Gasteiger partial charge >= 0.3 is 10.3 Å². The molecule has 6 nitrogen and oxygen atoms in total. The zero-order chi connectivity index (χ0) is 8.32. The fourth-order valence-corrected chi connectivity index (χ4v) is 1.11. The van der Waals surface area contributed by atoms with E-state index in [-0.39, 0.29) is 0 Å². The summed E-state index contributed by atoms with van der Waals surface area (Å²) in [6.45, 7) is 0. The van der Waals surface area contributed by atoms with Crippen molar-refractivity contribution in [1.29, 1.82) is 0 Å². The van der Waals surface area contributed by atoms with Gasteiger partial charge in [0.05, 0.1) is 6.04 Å². The van der Waals surface area contributed by atoms with Gasteiger partial charge in [-0.05, 0) is 6.08 Å². The SMILES string of the molecule is O=S(=O)(NC1C=CN=C1)OO. The van der Waals surface area contributed by atoms with Crippen molar-refractivity contribution >= 4 is 16.5 Å². The van der Waals surface area contributed by atoms with Crippen LogP contribution in [0.2, 0.25) is 0 Å². The summed E-state index contributed by atoms with van der Waals surface area (Å²) in [5.41, 5.74) is 0. The minimum Gasteiger partial charge on any atom is -0.267 e. The van der Waals surface area contributed by atoms with Gasteiger partial charge in [-0.25, -0.2) is 5.26 Å². The molecule has 7 heteroatoms. The smallest absolute Gasteiger partial charge is 0.267 e. The standard InChI is InChI=1S/C4H6N2O4S/c7-10-11(8,9)6-4-1-2-5-3-4/h1-4,6-7H. The molecule has 1 heterocycles. The molecule has 0 bridgehead atoms. The lowest BCUT2D eigenvalue weighted by atomic mass is 10.4. The maximum absolute atomic E-state index is 10.5. The minimum absolute atomic E-state index is 0.535. The zero-order valence-corrected chi connectivity index (χ0v) is 6.15. The van der Waals surface area contributed by atoms with Crippen LogP contribution >= 0.6 is 0 Å². The average Bonchev–Trinajstić information content (AvgIpc) is 2.39. The molecule has 62 valence electrons. The number of nitrogens with zero attached hydrogens (tertiary/aromatic N) is 1. The molecule has 1 rings (SSSR count). The lowest BCUT2D eigenvalue weighted by molar-refractivity contribution is -0.132. The first kappa shape index (κ1) is 8.34. The van der Waals surface area contributed by atoms with Gasteiger partial charge in [0.15, 0.2) is 0 Å². The van der Waals surface area contributed by atoms with Crippen LogP contribution in [0.3, 0.4) is 0 Å². The van der Waals surface area contributed by atoms with E-state index < -0.39 is 16.3 Å². The molecule has 1 atom stereocenters. The highest BCUT2D eigenvalue weighted by molar-refractivity contribution is 7.84. The molecule has 0 aromatic rings. The molecule has 0 amide bonds. The van der Waals surface area contributed by atoms with Gasteiger partial charge in [0.25, 0.3) is 0 Å². The molecular weight excluding hydrogens is 172 g/mol. The van der Waals surface area contributed by atoms with Gasteiger partial charge < -0.3 is 0 Å². The Morgan fingerprint density at radius 3 is 2.82 bits per heavy atom. The highest BCUT2D eigenvalue weighted by atomic mass is 32.2. The molecule has 0 spiro atoms. The van der Waals surface area contributed by atoms with Crippen molar-refractivity contribution in [3.8, 4) is 0 Å². The van der Waals surface area contributed by atoms with Crippen LogP contribution in [0.15, 0.2) is 17.3 Å². The molecule has 0 saturated carbocycles. The largest absolute Gasteiger partial charge is 0.363 e. The number of hydrogen-bond donors (Lipinski definition) is 2. The molecule has 0 saturated heterocycles. The fourth-order valence-electron chi connectivity index (χ4n) is 0.592. The van der Waals surface area contributed by atoms with Crippen molar-refractivity contribution in [3.05, 3.63) is 12.3 Å². The molecule has 1 unspecified atom stereocenters. The van der Waals surface area contributed by atoms with Crippen LogP contribution in [0.25, 0.3) is 0 Å². The van der Waals surface area contributed by atoms with E-state index in [1.165, 1.54) is 18.5 Å². The minimum atomic E-state index is -4.04. The molecule has 1 aliphatic rings. The molecule has 0 aromatic heterocycles. The summed E-state index contributed by atoms with van der Waals surface area (Å²) in [6, 6.07) is -0.535. The summed E-state index contributed by atoms with van der Waals surface area (Å²) in [7, 11) is -4.04. The number of hydrogen-bond acceptors (Lipinski definition) is 5. The Kier molecular flexibility index (Phi) is 2.35. The summed E-state index contributed by atoms with van der Waals surface area (Å²) < 4.78 is 26.1. The van der Waals surface area contributed by atoms with Crippen LogP contribution in [0.5, 0.6) is 0 Å². The van der Waals surface area contributed by atoms with Crippen molar-refractivity contribution in [2.75, 3.05) is 0 Å². The predicted octanol–water partition coefficient (Wildman–Crippen LogP) is -0.723. The Morgan fingerprint density at radius 1 is 1.64 bits per heavy atom. The van der Waals surface area contributed by atoms with E-state index in [0.29, 0.717) is 0 Å². The van der Waals surface area contributed by atoms with Gasteiger partial charge in [-0.1, -0.05) is 4.33 Å². The van der Waals surface area contributed by atoms with Crippen molar-refractivity contribution in [2.45, 2.75) is 6.04 Å². The Hall–Kier alpha value is -0.760. The Morgan fingerprint density at radius 2 is 2.36 bits per heavy atom. The molecule has 11 heavy (non-hydrogen) atoms. The fraction of sp³-hybridized carbons (Fsp3) is 0.250. The molecule has 0 aromatic carbocycles. The topological polar surface area (TPSA) is 88.0 Å². The molecule has 2 N–H and O–H groups in total. The molecule has 0 aliphatic carbocycles. The third-order valence-corrected chi connectivity index (χ3v) is 1.76. The van der Waals surface area contributed by atoms with Crippen LogP contribution in [0, 0.1) is 0 Å². The van der Waals surface area contributed by atoms with Crippen LogP contribution in [0.4, 0.5) is 0 Å². The first-order chi connectivity index (χ1) is 5.14. The third kappa shape index (κ3) is 2.39. The molecule has 1 aliphatic heterocycles. The average molecular weight is 178 g/mol. The summed E-state index contributed by atoms with van der Waals surface area (Å²) in [4.78, 5) is 3.61. The molecular formula is C4H6N2O4S. The van der Waals surface area contributed by atoms with Crippen molar-refractivity contribution < 1.29 is 18.0 Å². The van der Waals surface area contributed by atoms with E-state index in [1.807, 2.05) is 4.72 Å². The van der Waals surface area contributed by atoms with Gasteiger partial charge in [0.1, 0.15) is 0 Å². The van der Waals surface area contributed by atoms with Crippen molar-refractivity contribution in [3.63, 3.8) is 0 Å². The van der Waals surface area contributed by atoms with E-state index >= 15 is 0 Å². The zero-order valence-electron chi connectivity index (χ0n) is 5.34. The first-order valence-electron chi connectivity index (χ1n) is 2.69. The van der Waals surface area contributed by atoms with E-state index in [1.54, 1.807) is 0 Å². The van der Waals surface area contributed by atoms with Gasteiger partial charge in [-0.2, -0.15) is 13.1 Å². The second-order valence-corrected chi connectivity index (χ2v) is 3.10. The van der Waals surface area contributed by atoms with Gasteiger partial charge in [-0.15, -0.1) is 0 Å². The summed E-state index contributed by atoms with van der Waals surface area (Å²) in [5.74, 6) is 0. The second kappa shape index (κ2) is 3.09. The highest BCUT2D eigenvalue weighted by Crippen LogP contribution is 1.95. The summed E-state index contributed by atoms with van der Waals surface area (Å²) >= 11 is 0. The highest BCUT2D eigenvalue weighted by Gasteiger charge is 2.15. The van der Waals surface area contributed by atoms with Gasteiger partial charge in [0.2, 0.25) is 0 Å². The number of nitrogens with one attached hydrogen (secondary N) is 1. The Labute approximate surface area is 63.4 Å². The van der Waals surface area contributed by atoms with Crippen LogP contribution in [-0.4, -0.2) is 25.9 Å². The first-order valence-corrected chi connectivity index (χ1v) is 4.10. The van der Waals surface area contributed by atoms with Crippen LogP contribution < -0.4 is 4.72 Å². The van der Waals surface area contributed by atoms with Gasteiger partial charge in [-0.3, -0.25) is 4.99 Å². The lowest BCUT2D eigenvalue weighted by Gasteiger charge is -2.03. The molecule has 0 radical (unpaired) electrons. The van der Waals surface area contributed by atoms with E-state index in [0.717, 1.165) is 0 Å². The predicted molar refractivity (Wildman–Crippen MR) is 37.2 cm³/mol. The summed E-state index contributed by atoms with van der Waals surface area (Å²) in [5, 5.41) is 7.84. The Balaban J connectivity index is 2.55. The van der Waals surface area contributed by atoms with Gasteiger partial charge in [0, 0.05) is 12.4 Å². The maximum atomic E-state index is 10.5. The quantitative estimate of drug-likeness (QED) is 0.441. The van der Waals surface area contributed by atoms with Crippen LogP contribution in [0.1, 0.15) is 0 Å². The van der Waals surface area contributed by atoms with Crippen molar-refractivity contribution in [2.24, 2.45) is 4.99 Å². The molecule has 0 fully saturated rings.